The maximum atomic E-state index is 13.5. The van der Waals surface area contributed by atoms with E-state index >= 15 is 0 Å². The van der Waals surface area contributed by atoms with Gasteiger partial charge in [-0.1, -0.05) is 54.1 Å². The van der Waals surface area contributed by atoms with Crippen molar-refractivity contribution in [1.82, 2.24) is 0 Å². The standard InChI is InChI=1S/C27H19ClFN3O4S/c28-23-16-20(12-13-24(23)29)31-27(34)25(17-6-2-1-3-7-17)37-22-11-5-9-19(15-22)30-26(33)18-8-4-10-21(14-18)32(35)36/h1-16,25H,(H,30,33)(H,31,34). The third kappa shape index (κ3) is 6.72. The zero-order chi connectivity index (χ0) is 26.4. The van der Waals surface area contributed by atoms with Crippen LogP contribution >= 0.6 is 23.4 Å². The summed E-state index contributed by atoms with van der Waals surface area (Å²) in [4.78, 5) is 37.1. The number of non-ortho nitro benzene ring substituents is 1. The first-order chi connectivity index (χ1) is 17.8. The molecule has 10 heteroatoms. The third-order valence-electron chi connectivity index (χ3n) is 5.19. The number of hydrogen-bond acceptors (Lipinski definition) is 5. The Balaban J connectivity index is 1.54. The van der Waals surface area contributed by atoms with Crippen molar-refractivity contribution in [3.63, 3.8) is 0 Å². The van der Waals surface area contributed by atoms with Crippen LogP contribution < -0.4 is 10.6 Å². The Morgan fingerprint density at radius 1 is 0.865 bits per heavy atom. The van der Waals surface area contributed by atoms with Crippen LogP contribution in [0.4, 0.5) is 21.5 Å². The monoisotopic (exact) mass is 535 g/mol. The second-order valence-corrected chi connectivity index (χ2v) is 9.40. The van der Waals surface area contributed by atoms with Gasteiger partial charge in [-0.25, -0.2) is 4.39 Å². The molecular formula is C27H19ClFN3O4S. The molecule has 7 nitrogen and oxygen atoms in total. The largest absolute Gasteiger partial charge is 0.325 e. The fraction of sp³-hybridized carbons (Fsp3) is 0.0370. The summed E-state index contributed by atoms with van der Waals surface area (Å²) >= 11 is 7.11. The van der Waals surface area contributed by atoms with E-state index in [0.717, 1.165) is 5.56 Å². The van der Waals surface area contributed by atoms with Crippen LogP contribution in [0.5, 0.6) is 0 Å². The molecule has 0 heterocycles. The molecule has 0 saturated carbocycles. The first-order valence-corrected chi connectivity index (χ1v) is 12.2. The molecule has 37 heavy (non-hydrogen) atoms. The number of carbonyl (C=O) groups excluding carboxylic acids is 2. The Bertz CT molecular complexity index is 1470. The predicted octanol–water partition coefficient (Wildman–Crippen LogP) is 7.11. The van der Waals surface area contributed by atoms with Gasteiger partial charge in [0, 0.05) is 34.0 Å². The average Bonchev–Trinajstić information content (AvgIpc) is 2.90. The van der Waals surface area contributed by atoms with Crippen LogP contribution in [-0.2, 0) is 4.79 Å². The number of nitrogens with zero attached hydrogens (tertiary/aromatic N) is 1. The van der Waals surface area contributed by atoms with E-state index in [1.54, 1.807) is 24.3 Å². The van der Waals surface area contributed by atoms with Crippen molar-refractivity contribution in [2.75, 3.05) is 10.6 Å². The Morgan fingerprint density at radius 2 is 1.59 bits per heavy atom. The van der Waals surface area contributed by atoms with E-state index in [1.165, 1.54) is 54.2 Å². The fourth-order valence-electron chi connectivity index (χ4n) is 3.43. The highest BCUT2D eigenvalue weighted by atomic mass is 35.5. The average molecular weight is 536 g/mol. The maximum Gasteiger partial charge on any atom is 0.270 e. The molecule has 186 valence electrons. The Hall–Kier alpha value is -4.21. The topological polar surface area (TPSA) is 101 Å². The Kier molecular flexibility index (Phi) is 8.17. The van der Waals surface area contributed by atoms with Crippen molar-refractivity contribution in [3.8, 4) is 0 Å². The van der Waals surface area contributed by atoms with Gasteiger partial charge in [-0.2, -0.15) is 0 Å². The summed E-state index contributed by atoms with van der Waals surface area (Å²) in [6.45, 7) is 0. The van der Waals surface area contributed by atoms with Gasteiger partial charge < -0.3 is 10.6 Å². The molecule has 0 bridgehead atoms. The van der Waals surface area contributed by atoms with Gasteiger partial charge in [0.2, 0.25) is 5.91 Å². The van der Waals surface area contributed by atoms with Crippen LogP contribution in [0.2, 0.25) is 5.02 Å². The van der Waals surface area contributed by atoms with E-state index in [4.69, 9.17) is 11.6 Å². The minimum Gasteiger partial charge on any atom is -0.325 e. The molecule has 0 fully saturated rings. The van der Waals surface area contributed by atoms with Crippen LogP contribution in [0.3, 0.4) is 0 Å². The lowest BCUT2D eigenvalue weighted by atomic mass is 10.1. The first kappa shape index (κ1) is 25.9. The summed E-state index contributed by atoms with van der Waals surface area (Å²) in [6, 6.07) is 25.4. The maximum absolute atomic E-state index is 13.5. The molecule has 1 unspecified atom stereocenters. The van der Waals surface area contributed by atoms with Gasteiger partial charge in [-0.3, -0.25) is 19.7 Å². The summed E-state index contributed by atoms with van der Waals surface area (Å²) in [5.41, 5.74) is 1.52. The van der Waals surface area contributed by atoms with Crippen molar-refractivity contribution in [1.29, 1.82) is 0 Å². The number of thioether (sulfide) groups is 1. The quantitative estimate of drug-likeness (QED) is 0.142. The number of rotatable bonds is 8. The minimum absolute atomic E-state index is 0.103. The molecule has 0 spiro atoms. The van der Waals surface area contributed by atoms with Crippen LogP contribution in [0, 0.1) is 15.9 Å². The van der Waals surface area contributed by atoms with Crippen molar-refractivity contribution in [2.24, 2.45) is 0 Å². The summed E-state index contributed by atoms with van der Waals surface area (Å²) in [7, 11) is 0. The van der Waals surface area contributed by atoms with Gasteiger partial charge in [0.15, 0.2) is 0 Å². The molecule has 0 saturated heterocycles. The second-order valence-electron chi connectivity index (χ2n) is 7.82. The van der Waals surface area contributed by atoms with E-state index in [9.17, 15) is 24.1 Å². The number of hydrogen-bond donors (Lipinski definition) is 2. The molecule has 4 aromatic rings. The predicted molar refractivity (Wildman–Crippen MR) is 143 cm³/mol. The number of carbonyl (C=O) groups is 2. The minimum atomic E-state index is -0.673. The molecule has 1 atom stereocenters. The van der Waals surface area contributed by atoms with E-state index in [2.05, 4.69) is 10.6 Å². The number of nitro groups is 1. The van der Waals surface area contributed by atoms with Crippen molar-refractivity contribution >= 4 is 52.2 Å². The molecule has 4 aromatic carbocycles. The summed E-state index contributed by atoms with van der Waals surface area (Å²) < 4.78 is 13.5. The third-order valence-corrected chi connectivity index (χ3v) is 6.73. The number of amides is 2. The lowest BCUT2D eigenvalue weighted by Gasteiger charge is -2.18. The number of nitro benzene ring substituents is 1. The summed E-state index contributed by atoms with van der Waals surface area (Å²) in [5.74, 6) is -1.43. The van der Waals surface area contributed by atoms with Crippen molar-refractivity contribution in [3.05, 3.63) is 129 Å². The molecule has 0 aliphatic carbocycles. The molecule has 0 aromatic heterocycles. The highest BCUT2D eigenvalue weighted by Gasteiger charge is 2.23. The summed E-state index contributed by atoms with van der Waals surface area (Å²) in [5, 5.41) is 15.7. The Labute approximate surface area is 220 Å². The van der Waals surface area contributed by atoms with E-state index in [1.807, 2.05) is 30.3 Å². The van der Waals surface area contributed by atoms with E-state index < -0.39 is 21.9 Å². The Morgan fingerprint density at radius 3 is 2.32 bits per heavy atom. The highest BCUT2D eigenvalue weighted by molar-refractivity contribution is 8.00. The van der Waals surface area contributed by atoms with Gasteiger partial charge in [0.1, 0.15) is 11.1 Å². The normalized spacial score (nSPS) is 11.4. The smallest absolute Gasteiger partial charge is 0.270 e. The molecule has 2 N–H and O–H groups in total. The van der Waals surface area contributed by atoms with Gasteiger partial charge in [-0.05, 0) is 48.0 Å². The van der Waals surface area contributed by atoms with E-state index in [-0.39, 0.29) is 22.2 Å². The van der Waals surface area contributed by atoms with E-state index in [0.29, 0.717) is 16.3 Å². The fourth-order valence-corrected chi connectivity index (χ4v) is 4.69. The van der Waals surface area contributed by atoms with Gasteiger partial charge in [-0.15, -0.1) is 11.8 Å². The lowest BCUT2D eigenvalue weighted by Crippen LogP contribution is -2.19. The molecule has 4 rings (SSSR count). The zero-order valence-electron chi connectivity index (χ0n) is 19.1. The number of anilines is 2. The first-order valence-electron chi connectivity index (χ1n) is 10.9. The molecule has 0 aliphatic heterocycles. The number of nitrogens with one attached hydrogen (secondary N) is 2. The lowest BCUT2D eigenvalue weighted by molar-refractivity contribution is -0.384. The second kappa shape index (κ2) is 11.7. The van der Waals surface area contributed by atoms with Crippen LogP contribution in [0.15, 0.2) is 102 Å². The van der Waals surface area contributed by atoms with Gasteiger partial charge in [0.05, 0.1) is 9.95 Å². The van der Waals surface area contributed by atoms with Crippen molar-refractivity contribution < 1.29 is 18.9 Å². The molecular weight excluding hydrogens is 517 g/mol. The molecule has 0 radical (unpaired) electrons. The zero-order valence-corrected chi connectivity index (χ0v) is 20.6. The summed E-state index contributed by atoms with van der Waals surface area (Å²) in [6.07, 6.45) is 0. The SMILES string of the molecule is O=C(Nc1cccc(SC(C(=O)Nc2ccc(F)c(Cl)c2)c2ccccc2)c1)c1cccc([N+](=O)[O-])c1. The number of benzene rings is 4. The highest BCUT2D eigenvalue weighted by Crippen LogP contribution is 2.37. The molecule has 0 aliphatic rings. The van der Waals surface area contributed by atoms with Gasteiger partial charge >= 0.3 is 0 Å². The van der Waals surface area contributed by atoms with Crippen LogP contribution in [0.1, 0.15) is 21.2 Å². The molecule has 2 amide bonds. The van der Waals surface area contributed by atoms with Gasteiger partial charge in [0.25, 0.3) is 11.6 Å². The van der Waals surface area contributed by atoms with Crippen molar-refractivity contribution in [2.45, 2.75) is 10.1 Å². The number of halogens is 2. The van der Waals surface area contributed by atoms with Crippen LogP contribution in [-0.4, -0.2) is 16.7 Å². The van der Waals surface area contributed by atoms with Crippen LogP contribution in [0.25, 0.3) is 0 Å².